The van der Waals surface area contributed by atoms with Crippen molar-refractivity contribution in [2.75, 3.05) is 0 Å². The number of carbonyl (C=O) groups excluding carboxylic acids is 2. The summed E-state index contributed by atoms with van der Waals surface area (Å²) in [4.78, 5) is 23.7. The fourth-order valence-corrected chi connectivity index (χ4v) is 6.21. The van der Waals surface area contributed by atoms with Crippen LogP contribution in [0.1, 0.15) is 72.6 Å². The van der Waals surface area contributed by atoms with E-state index in [2.05, 4.69) is 12.2 Å². The molecule has 7 heteroatoms. The molecule has 4 rings (SSSR count). The number of fused-ring (bicyclic) bond motifs is 1. The van der Waals surface area contributed by atoms with Crippen molar-refractivity contribution in [1.29, 1.82) is 0 Å². The molecule has 2 aliphatic carbocycles. The van der Waals surface area contributed by atoms with Gasteiger partial charge in [-0.05, 0) is 62.6 Å². The Balaban J connectivity index is 1.65. The number of carbonyl (C=O) groups is 2. The number of sulfonamides is 1. The van der Waals surface area contributed by atoms with Gasteiger partial charge in [0.25, 0.3) is 11.8 Å². The topological polar surface area (TPSA) is 83.6 Å². The van der Waals surface area contributed by atoms with Gasteiger partial charge in [-0.25, -0.2) is 8.42 Å². The van der Waals surface area contributed by atoms with Gasteiger partial charge in [-0.15, -0.1) is 0 Å². The average Bonchev–Trinajstić information content (AvgIpc) is 3.41. The van der Waals surface area contributed by atoms with Crippen molar-refractivity contribution in [3.05, 3.63) is 29.3 Å². The summed E-state index contributed by atoms with van der Waals surface area (Å²) < 4.78 is 28.4. The molecule has 0 bridgehead atoms. The van der Waals surface area contributed by atoms with E-state index in [9.17, 15) is 18.0 Å². The third kappa shape index (κ3) is 2.97. The maximum absolute atomic E-state index is 13.4. The van der Waals surface area contributed by atoms with Crippen LogP contribution in [-0.2, 0) is 10.0 Å². The molecule has 0 spiro atoms. The molecule has 26 heavy (non-hydrogen) atoms. The molecule has 0 saturated heterocycles. The number of hydrogen-bond donors (Lipinski definition) is 1. The second-order valence-electron chi connectivity index (χ2n) is 7.64. The van der Waals surface area contributed by atoms with Crippen LogP contribution in [0.4, 0.5) is 0 Å². The highest BCUT2D eigenvalue weighted by molar-refractivity contribution is 7.89. The largest absolute Gasteiger partial charge is 0.288 e. The highest BCUT2D eigenvalue weighted by Gasteiger charge is 2.44. The van der Waals surface area contributed by atoms with Crippen LogP contribution in [0.15, 0.2) is 23.1 Å². The van der Waals surface area contributed by atoms with Crippen molar-refractivity contribution >= 4 is 21.8 Å². The zero-order valence-corrected chi connectivity index (χ0v) is 15.7. The molecule has 0 atom stereocenters. The summed E-state index contributed by atoms with van der Waals surface area (Å²) in [7, 11) is -3.68. The molecule has 140 valence electrons. The van der Waals surface area contributed by atoms with Crippen LogP contribution in [0.25, 0.3) is 0 Å². The van der Waals surface area contributed by atoms with Gasteiger partial charge in [0.1, 0.15) is 0 Å². The van der Waals surface area contributed by atoms with E-state index in [1.807, 2.05) is 0 Å². The van der Waals surface area contributed by atoms with E-state index in [4.69, 9.17) is 0 Å². The van der Waals surface area contributed by atoms with Crippen LogP contribution in [0.2, 0.25) is 0 Å². The Kier molecular flexibility index (Phi) is 4.39. The molecule has 2 saturated carbocycles. The van der Waals surface area contributed by atoms with Gasteiger partial charge in [-0.2, -0.15) is 4.31 Å². The van der Waals surface area contributed by atoms with Crippen molar-refractivity contribution in [3.8, 4) is 0 Å². The van der Waals surface area contributed by atoms with E-state index in [1.165, 1.54) is 18.2 Å². The van der Waals surface area contributed by atoms with Crippen LogP contribution in [0.3, 0.4) is 0 Å². The van der Waals surface area contributed by atoms with Gasteiger partial charge in [0.05, 0.1) is 16.0 Å². The second-order valence-corrected chi connectivity index (χ2v) is 9.48. The lowest BCUT2D eigenvalue weighted by Crippen LogP contribution is -2.43. The van der Waals surface area contributed by atoms with Crippen molar-refractivity contribution in [2.45, 2.75) is 68.8 Å². The van der Waals surface area contributed by atoms with Gasteiger partial charge in [0, 0.05) is 12.1 Å². The van der Waals surface area contributed by atoms with Gasteiger partial charge in [-0.3, -0.25) is 14.9 Å². The van der Waals surface area contributed by atoms with Gasteiger partial charge < -0.3 is 0 Å². The Bertz CT molecular complexity index is 852. The third-order valence-corrected chi connectivity index (χ3v) is 7.94. The Morgan fingerprint density at radius 2 is 1.54 bits per heavy atom. The molecule has 0 aromatic heterocycles. The first-order valence-corrected chi connectivity index (χ1v) is 10.9. The lowest BCUT2D eigenvalue weighted by molar-refractivity contribution is 0.0879. The molecule has 3 aliphatic rings. The summed E-state index contributed by atoms with van der Waals surface area (Å²) in [6.45, 7) is 2.19. The maximum atomic E-state index is 13.4. The fourth-order valence-electron chi connectivity index (χ4n) is 4.26. The van der Waals surface area contributed by atoms with E-state index in [-0.39, 0.29) is 28.1 Å². The van der Waals surface area contributed by atoms with Crippen LogP contribution >= 0.6 is 0 Å². The van der Waals surface area contributed by atoms with Crippen LogP contribution in [0, 0.1) is 5.92 Å². The minimum absolute atomic E-state index is 0.0408. The fraction of sp³-hybridized carbons (Fsp3) is 0.579. The molecule has 0 radical (unpaired) electrons. The molecular weight excluding hydrogens is 352 g/mol. The highest BCUT2D eigenvalue weighted by atomic mass is 32.2. The summed E-state index contributed by atoms with van der Waals surface area (Å²) in [6, 6.07) is 4.38. The van der Waals surface area contributed by atoms with Gasteiger partial charge >= 0.3 is 0 Å². The lowest BCUT2D eigenvalue weighted by Gasteiger charge is -2.36. The predicted octanol–water partition coefficient (Wildman–Crippen LogP) is 2.69. The van der Waals surface area contributed by atoms with E-state index in [1.54, 1.807) is 4.31 Å². The predicted molar refractivity (Wildman–Crippen MR) is 96.3 cm³/mol. The standard InChI is InChI=1S/C19H24N2O4S/c1-2-12-3-5-13(6-4-12)21(14-7-8-14)26(24,25)15-9-10-16-17(11-15)19(23)20-18(16)22/h9-14H,2-8H2,1H3,(H,20,22,23). The Morgan fingerprint density at radius 3 is 2.12 bits per heavy atom. The number of rotatable bonds is 5. The van der Waals surface area contributed by atoms with Crippen LogP contribution in [-0.4, -0.2) is 36.6 Å². The highest BCUT2D eigenvalue weighted by Crippen LogP contribution is 2.40. The van der Waals surface area contributed by atoms with Gasteiger partial charge in [0.2, 0.25) is 10.0 Å². The van der Waals surface area contributed by atoms with Crippen molar-refractivity contribution in [3.63, 3.8) is 0 Å². The van der Waals surface area contributed by atoms with Crippen LogP contribution in [0.5, 0.6) is 0 Å². The number of amides is 2. The summed E-state index contributed by atoms with van der Waals surface area (Å²) in [5, 5.41) is 2.21. The zero-order chi connectivity index (χ0) is 18.5. The summed E-state index contributed by atoms with van der Waals surface area (Å²) in [5.41, 5.74) is 0.400. The van der Waals surface area contributed by atoms with E-state index in [0.717, 1.165) is 44.9 Å². The SMILES string of the molecule is CCC1CCC(N(C2CC2)S(=O)(=O)c2ccc3c(c2)C(=O)NC3=O)CC1. The van der Waals surface area contributed by atoms with E-state index >= 15 is 0 Å². The zero-order valence-electron chi connectivity index (χ0n) is 14.9. The van der Waals surface area contributed by atoms with Gasteiger partial charge in [-0.1, -0.05) is 13.3 Å². The molecule has 2 amide bonds. The normalized spacial score (nSPS) is 26.1. The van der Waals surface area contributed by atoms with Crippen molar-refractivity contribution in [2.24, 2.45) is 5.92 Å². The van der Waals surface area contributed by atoms with Crippen LogP contribution < -0.4 is 5.32 Å². The molecule has 6 nitrogen and oxygen atoms in total. The first kappa shape index (κ1) is 17.7. The maximum Gasteiger partial charge on any atom is 0.258 e. The minimum atomic E-state index is -3.68. The Hall–Kier alpha value is -1.73. The number of imide groups is 1. The number of nitrogens with zero attached hydrogens (tertiary/aromatic N) is 1. The molecule has 1 aromatic rings. The first-order valence-electron chi connectivity index (χ1n) is 9.45. The Labute approximate surface area is 154 Å². The quantitative estimate of drug-likeness (QED) is 0.801. The molecule has 1 aromatic carbocycles. The number of hydrogen-bond acceptors (Lipinski definition) is 4. The lowest BCUT2D eigenvalue weighted by atomic mass is 9.84. The number of nitrogens with one attached hydrogen (secondary N) is 1. The number of benzene rings is 1. The third-order valence-electron chi connectivity index (χ3n) is 5.94. The monoisotopic (exact) mass is 376 g/mol. The van der Waals surface area contributed by atoms with Gasteiger partial charge in [0.15, 0.2) is 0 Å². The first-order chi connectivity index (χ1) is 12.4. The summed E-state index contributed by atoms with van der Waals surface area (Å²) in [5.74, 6) is -0.293. The smallest absolute Gasteiger partial charge is 0.258 e. The molecule has 1 heterocycles. The molecule has 1 N–H and O–H groups in total. The minimum Gasteiger partial charge on any atom is -0.288 e. The van der Waals surface area contributed by atoms with Crippen molar-refractivity contribution < 1.29 is 18.0 Å². The second kappa shape index (κ2) is 6.46. The average molecular weight is 376 g/mol. The summed E-state index contributed by atoms with van der Waals surface area (Å²) >= 11 is 0. The molecular formula is C19H24N2O4S. The summed E-state index contributed by atoms with van der Waals surface area (Å²) in [6.07, 6.45) is 6.89. The Morgan fingerprint density at radius 1 is 0.962 bits per heavy atom. The van der Waals surface area contributed by atoms with Crippen molar-refractivity contribution in [1.82, 2.24) is 9.62 Å². The molecule has 1 aliphatic heterocycles. The van der Waals surface area contributed by atoms with E-state index < -0.39 is 21.8 Å². The molecule has 0 unspecified atom stereocenters. The van der Waals surface area contributed by atoms with E-state index in [0.29, 0.717) is 5.92 Å². The molecule has 2 fully saturated rings.